The van der Waals surface area contributed by atoms with Crippen LogP contribution in [-0.4, -0.2) is 59.5 Å². The van der Waals surface area contributed by atoms with E-state index in [0.29, 0.717) is 6.42 Å². The van der Waals surface area contributed by atoms with Gasteiger partial charge in [-0.1, -0.05) is 19.8 Å². The third-order valence-electron chi connectivity index (χ3n) is 4.83. The average Bonchev–Trinajstić information content (AvgIpc) is 2.80. The van der Waals surface area contributed by atoms with Gasteiger partial charge < -0.3 is 15.4 Å². The summed E-state index contributed by atoms with van der Waals surface area (Å²) in [5.41, 5.74) is -0.956. The fourth-order valence-electron chi connectivity index (χ4n) is 3.42. The topological polar surface area (TPSA) is 134 Å². The van der Waals surface area contributed by atoms with Gasteiger partial charge in [0.2, 0.25) is 0 Å². The smallest absolute Gasteiger partial charge is 0.326 e. The minimum Gasteiger partial charge on any atom is -0.454 e. The number of esters is 1. The molecule has 2 rings (SSSR count). The predicted molar refractivity (Wildman–Crippen MR) is 93.4 cm³/mol. The lowest BCUT2D eigenvalue weighted by molar-refractivity contribution is -0.151. The quantitative estimate of drug-likeness (QED) is 0.461. The summed E-state index contributed by atoms with van der Waals surface area (Å²) in [7, 11) is 0. The molecule has 0 aromatic heterocycles. The molecule has 10 heteroatoms. The first-order valence-electron chi connectivity index (χ1n) is 9.06. The number of imide groups is 2. The van der Waals surface area contributed by atoms with Crippen LogP contribution in [0.25, 0.3) is 0 Å². The van der Waals surface area contributed by atoms with E-state index in [0.717, 1.165) is 24.2 Å². The van der Waals surface area contributed by atoms with E-state index in [-0.39, 0.29) is 12.0 Å². The zero-order valence-electron chi connectivity index (χ0n) is 15.8. The molecule has 2 fully saturated rings. The molecule has 1 aliphatic heterocycles. The summed E-state index contributed by atoms with van der Waals surface area (Å²) in [6.45, 7) is 4.09. The molecule has 3 N–H and O–H groups in total. The molecule has 0 unspecified atom stereocenters. The van der Waals surface area contributed by atoms with Crippen molar-refractivity contribution < 1.29 is 28.7 Å². The van der Waals surface area contributed by atoms with Crippen molar-refractivity contribution in [1.82, 2.24) is 20.9 Å². The standard InChI is InChI=1S/C17H26N4O6/c1-10(2)18-15(25)19-12(22)9-27-13(23)8-21-14(24)17(20-16(21)26)7-5-4-6-11(17)3/h10-11H,4-9H2,1-3H3,(H,20,26)(H2,18,19,22,25)/t11-,17+/m1/s1. The van der Waals surface area contributed by atoms with Crippen molar-refractivity contribution in [3.63, 3.8) is 0 Å². The molecule has 0 aromatic rings. The van der Waals surface area contributed by atoms with E-state index < -0.39 is 48.5 Å². The Morgan fingerprint density at radius 3 is 2.63 bits per heavy atom. The van der Waals surface area contributed by atoms with Crippen LogP contribution < -0.4 is 16.0 Å². The third kappa shape index (κ3) is 4.75. The molecule has 1 heterocycles. The molecule has 1 aliphatic carbocycles. The number of amides is 6. The Labute approximate surface area is 157 Å². The maximum Gasteiger partial charge on any atom is 0.326 e. The molecule has 1 saturated heterocycles. The highest BCUT2D eigenvalue weighted by atomic mass is 16.5. The number of carbonyl (C=O) groups excluding carboxylic acids is 5. The van der Waals surface area contributed by atoms with Crippen LogP contribution in [0.5, 0.6) is 0 Å². The minimum atomic E-state index is -0.956. The summed E-state index contributed by atoms with van der Waals surface area (Å²) in [6, 6.07) is -1.49. The second-order valence-electron chi connectivity index (χ2n) is 7.28. The highest BCUT2D eigenvalue weighted by Crippen LogP contribution is 2.38. The first-order chi connectivity index (χ1) is 12.7. The molecule has 6 amide bonds. The predicted octanol–water partition coefficient (Wildman–Crippen LogP) is 0.265. The first kappa shape index (κ1) is 20.7. The van der Waals surface area contributed by atoms with Gasteiger partial charge >= 0.3 is 18.0 Å². The SMILES string of the molecule is CC(C)NC(=O)NC(=O)COC(=O)CN1C(=O)N[C@]2(CCCC[C@H]2C)C1=O. The van der Waals surface area contributed by atoms with E-state index in [1.54, 1.807) is 13.8 Å². The van der Waals surface area contributed by atoms with E-state index in [1.807, 2.05) is 12.2 Å². The molecule has 2 atom stereocenters. The number of hydrogen-bond donors (Lipinski definition) is 3. The van der Waals surface area contributed by atoms with Gasteiger partial charge in [-0.3, -0.25) is 24.6 Å². The fraction of sp³-hybridized carbons (Fsp3) is 0.706. The highest BCUT2D eigenvalue weighted by Gasteiger charge is 2.55. The van der Waals surface area contributed by atoms with Crippen molar-refractivity contribution >= 4 is 29.8 Å². The van der Waals surface area contributed by atoms with Crippen LogP contribution in [0.4, 0.5) is 9.59 Å². The van der Waals surface area contributed by atoms with E-state index in [9.17, 15) is 24.0 Å². The van der Waals surface area contributed by atoms with Gasteiger partial charge in [-0.05, 0) is 32.6 Å². The van der Waals surface area contributed by atoms with Gasteiger partial charge in [-0.25, -0.2) is 9.59 Å². The van der Waals surface area contributed by atoms with E-state index in [1.165, 1.54) is 0 Å². The van der Waals surface area contributed by atoms with E-state index in [4.69, 9.17) is 4.74 Å². The molecule has 1 spiro atoms. The summed E-state index contributed by atoms with van der Waals surface area (Å²) in [4.78, 5) is 60.6. The summed E-state index contributed by atoms with van der Waals surface area (Å²) < 4.78 is 4.77. The van der Waals surface area contributed by atoms with Gasteiger partial charge in [0.15, 0.2) is 6.61 Å². The Morgan fingerprint density at radius 1 is 1.30 bits per heavy atom. The number of rotatable bonds is 5. The maximum atomic E-state index is 12.7. The molecule has 150 valence electrons. The molecule has 0 bridgehead atoms. The van der Waals surface area contributed by atoms with Gasteiger partial charge in [-0.15, -0.1) is 0 Å². The number of urea groups is 2. The van der Waals surface area contributed by atoms with Crippen LogP contribution in [0.2, 0.25) is 0 Å². The summed E-state index contributed by atoms with van der Waals surface area (Å²) in [6.07, 6.45) is 3.18. The molecule has 1 saturated carbocycles. The van der Waals surface area contributed by atoms with Crippen molar-refractivity contribution in [2.45, 2.75) is 58.0 Å². The Kier molecular flexibility index (Phi) is 6.40. The number of carbonyl (C=O) groups is 5. The van der Waals surface area contributed by atoms with Gasteiger partial charge in [0.25, 0.3) is 11.8 Å². The Morgan fingerprint density at radius 2 is 2.00 bits per heavy atom. The highest BCUT2D eigenvalue weighted by molar-refractivity contribution is 6.09. The normalized spacial score (nSPS) is 24.7. The lowest BCUT2D eigenvalue weighted by Gasteiger charge is -2.36. The molecule has 0 radical (unpaired) electrons. The van der Waals surface area contributed by atoms with Crippen molar-refractivity contribution in [2.24, 2.45) is 5.92 Å². The second kappa shape index (κ2) is 8.36. The van der Waals surface area contributed by atoms with Crippen LogP contribution in [0, 0.1) is 5.92 Å². The molecular formula is C17H26N4O6. The number of ether oxygens (including phenoxy) is 1. The molecule has 2 aliphatic rings. The third-order valence-corrected chi connectivity index (χ3v) is 4.83. The monoisotopic (exact) mass is 382 g/mol. The second-order valence-corrected chi connectivity index (χ2v) is 7.28. The zero-order chi connectivity index (χ0) is 20.2. The largest absolute Gasteiger partial charge is 0.454 e. The van der Waals surface area contributed by atoms with Gasteiger partial charge in [0.05, 0.1) is 0 Å². The Balaban J connectivity index is 1.85. The Bertz CT molecular complexity index is 649. The van der Waals surface area contributed by atoms with Crippen molar-refractivity contribution in [2.75, 3.05) is 13.2 Å². The zero-order valence-corrected chi connectivity index (χ0v) is 15.8. The van der Waals surface area contributed by atoms with E-state index >= 15 is 0 Å². The van der Waals surface area contributed by atoms with Crippen LogP contribution in [0.15, 0.2) is 0 Å². The minimum absolute atomic E-state index is 0.0195. The number of nitrogens with zero attached hydrogens (tertiary/aromatic N) is 1. The maximum absolute atomic E-state index is 12.7. The lowest BCUT2D eigenvalue weighted by atomic mass is 9.73. The van der Waals surface area contributed by atoms with Gasteiger partial charge in [0, 0.05) is 6.04 Å². The van der Waals surface area contributed by atoms with E-state index in [2.05, 4.69) is 10.6 Å². The van der Waals surface area contributed by atoms with Crippen LogP contribution >= 0.6 is 0 Å². The number of hydrogen-bond acceptors (Lipinski definition) is 6. The van der Waals surface area contributed by atoms with Crippen molar-refractivity contribution in [3.8, 4) is 0 Å². The number of nitrogens with one attached hydrogen (secondary N) is 3. The van der Waals surface area contributed by atoms with Crippen molar-refractivity contribution in [1.29, 1.82) is 0 Å². The summed E-state index contributed by atoms with van der Waals surface area (Å²) in [5, 5.41) is 7.19. The Hall–Kier alpha value is -2.65. The van der Waals surface area contributed by atoms with Gasteiger partial charge in [-0.2, -0.15) is 0 Å². The molecule has 27 heavy (non-hydrogen) atoms. The van der Waals surface area contributed by atoms with Crippen molar-refractivity contribution in [3.05, 3.63) is 0 Å². The average molecular weight is 382 g/mol. The van der Waals surface area contributed by atoms with Crippen LogP contribution in [-0.2, 0) is 19.1 Å². The van der Waals surface area contributed by atoms with Crippen LogP contribution in [0.1, 0.15) is 46.5 Å². The van der Waals surface area contributed by atoms with Crippen LogP contribution in [0.3, 0.4) is 0 Å². The first-order valence-corrected chi connectivity index (χ1v) is 9.06. The fourth-order valence-corrected chi connectivity index (χ4v) is 3.42. The molecule has 10 nitrogen and oxygen atoms in total. The summed E-state index contributed by atoms with van der Waals surface area (Å²) in [5.74, 6) is -2.17. The van der Waals surface area contributed by atoms with Gasteiger partial charge in [0.1, 0.15) is 12.1 Å². The molecular weight excluding hydrogens is 356 g/mol. The summed E-state index contributed by atoms with van der Waals surface area (Å²) >= 11 is 0. The molecule has 0 aromatic carbocycles. The lowest BCUT2D eigenvalue weighted by Crippen LogP contribution is -2.54.